The number of nitrogens with one attached hydrogen (secondary N) is 1. The number of aliphatic hydroxyl groups excluding tert-OH is 1. The molecule has 5 aliphatic carbocycles. The first-order chi connectivity index (χ1) is 16.2. The average Bonchev–Trinajstić information content (AvgIpc) is 2.78. The standard InChI is InChI=1S/C31H53NO3/c1-26(2)22-11-14-31(7)23(29(22,5)13-12-24(26)33)10-9-20-21-19-28(4,25(34)32-35-8)16-15-27(21,3)17-18-30(20,31)6/h20-24,33H,9-19H2,1-8H3,(H,32,34)/t20-,21-,22?,23-,24+,27-,28+,29+,30-,31-/m1/s1. The molecule has 0 saturated heterocycles. The molecule has 0 heterocycles. The van der Waals surface area contributed by atoms with Crippen LogP contribution in [0.2, 0.25) is 0 Å². The van der Waals surface area contributed by atoms with Gasteiger partial charge in [0.15, 0.2) is 0 Å². The van der Waals surface area contributed by atoms with E-state index in [1.165, 1.54) is 44.9 Å². The topological polar surface area (TPSA) is 58.6 Å². The van der Waals surface area contributed by atoms with Gasteiger partial charge < -0.3 is 5.11 Å². The molecule has 1 amide bonds. The normalized spacial score (nSPS) is 55.1. The van der Waals surface area contributed by atoms with Crippen LogP contribution in [0.4, 0.5) is 0 Å². The number of hydrogen-bond acceptors (Lipinski definition) is 3. The third kappa shape index (κ3) is 3.33. The molecule has 0 spiro atoms. The van der Waals surface area contributed by atoms with Crippen molar-refractivity contribution >= 4 is 5.91 Å². The largest absolute Gasteiger partial charge is 0.393 e. The zero-order valence-electron chi connectivity index (χ0n) is 23.9. The van der Waals surface area contributed by atoms with Crippen LogP contribution >= 0.6 is 0 Å². The van der Waals surface area contributed by atoms with Crippen LogP contribution < -0.4 is 5.48 Å². The van der Waals surface area contributed by atoms with Crippen molar-refractivity contribution in [3.05, 3.63) is 0 Å². The summed E-state index contributed by atoms with van der Waals surface area (Å²) in [5.74, 6) is 2.72. The van der Waals surface area contributed by atoms with E-state index in [-0.39, 0.29) is 22.8 Å². The van der Waals surface area contributed by atoms with E-state index in [1.54, 1.807) is 7.11 Å². The van der Waals surface area contributed by atoms with E-state index in [4.69, 9.17) is 4.84 Å². The maximum Gasteiger partial charge on any atom is 0.249 e. The van der Waals surface area contributed by atoms with Gasteiger partial charge >= 0.3 is 0 Å². The first-order valence-corrected chi connectivity index (χ1v) is 14.7. The molecule has 0 aromatic heterocycles. The molecule has 35 heavy (non-hydrogen) atoms. The molecule has 4 heteroatoms. The third-order valence-electron chi connectivity index (χ3n) is 14.2. The highest BCUT2D eigenvalue weighted by Gasteiger charge is 2.69. The van der Waals surface area contributed by atoms with E-state index in [9.17, 15) is 9.90 Å². The summed E-state index contributed by atoms with van der Waals surface area (Å²) in [5.41, 5.74) is 3.71. The zero-order valence-corrected chi connectivity index (χ0v) is 23.9. The van der Waals surface area contributed by atoms with Crippen LogP contribution in [0, 0.1) is 56.2 Å². The summed E-state index contributed by atoms with van der Waals surface area (Å²) in [6.07, 6.45) is 12.9. The maximum atomic E-state index is 13.1. The Morgan fingerprint density at radius 3 is 2.14 bits per heavy atom. The summed E-state index contributed by atoms with van der Waals surface area (Å²) in [6, 6.07) is 0. The number of hydroxylamine groups is 1. The summed E-state index contributed by atoms with van der Waals surface area (Å²) >= 11 is 0. The molecular weight excluding hydrogens is 434 g/mol. The maximum absolute atomic E-state index is 13.1. The molecule has 0 aromatic carbocycles. The fourth-order valence-corrected chi connectivity index (χ4v) is 11.6. The third-order valence-corrected chi connectivity index (χ3v) is 14.2. The van der Waals surface area contributed by atoms with Gasteiger partial charge in [0.1, 0.15) is 0 Å². The molecule has 2 N–H and O–H groups in total. The number of amides is 1. The van der Waals surface area contributed by atoms with Crippen LogP contribution in [-0.4, -0.2) is 24.2 Å². The number of hydrogen-bond donors (Lipinski definition) is 2. The van der Waals surface area contributed by atoms with Crippen molar-refractivity contribution in [1.29, 1.82) is 0 Å². The van der Waals surface area contributed by atoms with Crippen molar-refractivity contribution in [2.45, 2.75) is 125 Å². The van der Waals surface area contributed by atoms with Gasteiger partial charge in [0.2, 0.25) is 5.91 Å². The zero-order chi connectivity index (χ0) is 25.7. The fraction of sp³-hybridized carbons (Fsp3) is 0.968. The number of carbonyl (C=O) groups is 1. The second kappa shape index (κ2) is 7.95. The Morgan fingerprint density at radius 1 is 0.771 bits per heavy atom. The quantitative estimate of drug-likeness (QED) is 0.416. The minimum atomic E-state index is -0.330. The van der Waals surface area contributed by atoms with Gasteiger partial charge in [0.05, 0.1) is 13.2 Å². The highest BCUT2D eigenvalue weighted by molar-refractivity contribution is 5.81. The smallest absolute Gasteiger partial charge is 0.249 e. The predicted molar refractivity (Wildman–Crippen MR) is 140 cm³/mol. The fourth-order valence-electron chi connectivity index (χ4n) is 11.6. The van der Waals surface area contributed by atoms with E-state index < -0.39 is 0 Å². The van der Waals surface area contributed by atoms with Crippen molar-refractivity contribution in [1.82, 2.24) is 5.48 Å². The molecular formula is C31H53NO3. The highest BCUT2D eigenvalue weighted by Crippen LogP contribution is 2.76. The van der Waals surface area contributed by atoms with Gasteiger partial charge in [-0.25, -0.2) is 5.48 Å². The van der Waals surface area contributed by atoms with Gasteiger partial charge in [0.25, 0.3) is 0 Å². The Morgan fingerprint density at radius 2 is 1.46 bits per heavy atom. The minimum absolute atomic E-state index is 0.0110. The molecule has 5 fully saturated rings. The molecule has 0 radical (unpaired) electrons. The first-order valence-electron chi connectivity index (χ1n) is 14.7. The molecule has 200 valence electrons. The SMILES string of the molecule is CONC(=O)[C@@]1(C)CC[C@]2(C)CC[C@]3(C)[C@H](CC[C@@H]4[C@@]5(C)CC[C@H](O)C(C)(C)C5CC[C@]43C)[C@H]2C1. The van der Waals surface area contributed by atoms with Crippen molar-refractivity contribution in [3.8, 4) is 0 Å². The van der Waals surface area contributed by atoms with Gasteiger partial charge in [-0.1, -0.05) is 48.5 Å². The van der Waals surface area contributed by atoms with Gasteiger partial charge in [-0.05, 0) is 121 Å². The molecule has 1 unspecified atom stereocenters. The molecule has 10 atom stereocenters. The molecule has 4 nitrogen and oxygen atoms in total. The highest BCUT2D eigenvalue weighted by atomic mass is 16.6. The predicted octanol–water partition coefficient (Wildman–Crippen LogP) is 6.91. The molecule has 5 aliphatic rings. The van der Waals surface area contributed by atoms with E-state index in [0.29, 0.717) is 39.4 Å². The number of aliphatic hydroxyl groups is 1. The Hall–Kier alpha value is -0.610. The van der Waals surface area contributed by atoms with Crippen molar-refractivity contribution in [2.24, 2.45) is 56.2 Å². The summed E-state index contributed by atoms with van der Waals surface area (Å²) in [5, 5.41) is 10.9. The van der Waals surface area contributed by atoms with Gasteiger partial charge in [0, 0.05) is 5.41 Å². The van der Waals surface area contributed by atoms with Crippen LogP contribution in [0.3, 0.4) is 0 Å². The Kier molecular flexibility index (Phi) is 5.91. The lowest BCUT2D eigenvalue weighted by Gasteiger charge is -2.73. The van der Waals surface area contributed by atoms with Gasteiger partial charge in [-0.15, -0.1) is 0 Å². The van der Waals surface area contributed by atoms with E-state index in [0.717, 1.165) is 31.6 Å². The molecule has 0 aromatic rings. The summed E-state index contributed by atoms with van der Waals surface area (Å²) in [6.45, 7) is 17.4. The second-order valence-electron chi connectivity index (χ2n) is 15.7. The van der Waals surface area contributed by atoms with Crippen molar-refractivity contribution in [2.75, 3.05) is 7.11 Å². The van der Waals surface area contributed by atoms with Crippen LogP contribution in [0.25, 0.3) is 0 Å². The Bertz CT molecular complexity index is 871. The van der Waals surface area contributed by atoms with Crippen molar-refractivity contribution < 1.29 is 14.7 Å². The van der Waals surface area contributed by atoms with E-state index in [2.05, 4.69) is 53.9 Å². The van der Waals surface area contributed by atoms with E-state index >= 15 is 0 Å². The molecule has 5 rings (SSSR count). The summed E-state index contributed by atoms with van der Waals surface area (Å²) in [7, 11) is 1.55. The van der Waals surface area contributed by atoms with Gasteiger partial charge in [-0.3, -0.25) is 9.63 Å². The molecule has 5 saturated carbocycles. The lowest BCUT2D eigenvalue weighted by molar-refractivity contribution is -0.253. The Labute approximate surface area is 214 Å². The summed E-state index contributed by atoms with van der Waals surface area (Å²) < 4.78 is 0. The van der Waals surface area contributed by atoms with Crippen LogP contribution in [0.5, 0.6) is 0 Å². The van der Waals surface area contributed by atoms with Crippen LogP contribution in [-0.2, 0) is 9.63 Å². The average molecular weight is 488 g/mol. The van der Waals surface area contributed by atoms with E-state index in [1.807, 2.05) is 0 Å². The minimum Gasteiger partial charge on any atom is -0.393 e. The monoisotopic (exact) mass is 487 g/mol. The Balaban J connectivity index is 1.49. The number of fused-ring (bicyclic) bond motifs is 7. The lowest BCUT2D eigenvalue weighted by atomic mass is 9.31. The second-order valence-corrected chi connectivity index (χ2v) is 15.7. The molecule has 0 bridgehead atoms. The number of carbonyl (C=O) groups excluding carboxylic acids is 1. The van der Waals surface area contributed by atoms with Crippen LogP contribution in [0.1, 0.15) is 119 Å². The number of rotatable bonds is 2. The lowest BCUT2D eigenvalue weighted by Crippen LogP contribution is -2.67. The van der Waals surface area contributed by atoms with Crippen LogP contribution in [0.15, 0.2) is 0 Å². The first kappa shape index (κ1) is 26.0. The molecule has 0 aliphatic heterocycles. The van der Waals surface area contributed by atoms with Crippen molar-refractivity contribution in [3.63, 3.8) is 0 Å². The summed E-state index contributed by atoms with van der Waals surface area (Å²) in [4.78, 5) is 18.1. The van der Waals surface area contributed by atoms with Gasteiger partial charge in [-0.2, -0.15) is 0 Å².